The highest BCUT2D eigenvalue weighted by Gasteiger charge is 2.06. The van der Waals surface area contributed by atoms with Gasteiger partial charge in [0.1, 0.15) is 6.29 Å². The molecule has 0 aromatic rings. The van der Waals surface area contributed by atoms with Crippen LogP contribution in [-0.2, 0) is 4.79 Å². The fourth-order valence-corrected chi connectivity index (χ4v) is 1.13. The van der Waals surface area contributed by atoms with Gasteiger partial charge >= 0.3 is 0 Å². The minimum Gasteiger partial charge on any atom is -0.299 e. The van der Waals surface area contributed by atoms with Crippen LogP contribution in [0.5, 0.6) is 0 Å². The van der Waals surface area contributed by atoms with Crippen LogP contribution in [-0.4, -0.2) is 6.29 Å². The van der Waals surface area contributed by atoms with Gasteiger partial charge in [0.25, 0.3) is 0 Å². The Morgan fingerprint density at radius 2 is 2.00 bits per heavy atom. The Kier molecular flexibility index (Phi) is 5.81. The van der Waals surface area contributed by atoms with Crippen LogP contribution < -0.4 is 0 Å². The fraction of sp³-hybridized carbons (Fsp3) is 0.700. The lowest BCUT2D eigenvalue weighted by molar-refractivity contribution is -0.104. The summed E-state index contributed by atoms with van der Waals surface area (Å²) in [5, 5.41) is 0. The Morgan fingerprint density at radius 3 is 2.45 bits per heavy atom. The molecule has 0 saturated heterocycles. The van der Waals surface area contributed by atoms with Gasteiger partial charge in [-0.05, 0) is 17.9 Å². The molecule has 0 radical (unpaired) electrons. The lowest BCUT2D eigenvalue weighted by atomic mass is 9.92. The first-order chi connectivity index (χ1) is 5.22. The molecule has 0 amide bonds. The number of rotatable bonds is 5. The minimum absolute atomic E-state index is 0.528. The molecule has 0 aliphatic carbocycles. The molecular weight excluding hydrogens is 136 g/mol. The summed E-state index contributed by atoms with van der Waals surface area (Å²) in [7, 11) is 0. The van der Waals surface area contributed by atoms with Crippen molar-refractivity contribution in [1.82, 2.24) is 0 Å². The smallest absolute Gasteiger partial charge is 0.142 e. The van der Waals surface area contributed by atoms with Crippen molar-refractivity contribution in [3.05, 3.63) is 12.2 Å². The third-order valence-corrected chi connectivity index (χ3v) is 2.13. The Morgan fingerprint density at radius 1 is 1.36 bits per heavy atom. The molecule has 11 heavy (non-hydrogen) atoms. The molecule has 0 heterocycles. The molecule has 2 unspecified atom stereocenters. The Hall–Kier alpha value is -0.590. The fourth-order valence-electron chi connectivity index (χ4n) is 1.13. The largest absolute Gasteiger partial charge is 0.299 e. The first-order valence-electron chi connectivity index (χ1n) is 4.34. The maximum atomic E-state index is 10.0. The topological polar surface area (TPSA) is 17.1 Å². The van der Waals surface area contributed by atoms with Crippen molar-refractivity contribution >= 4 is 6.29 Å². The van der Waals surface area contributed by atoms with E-state index in [0.29, 0.717) is 11.8 Å². The lowest BCUT2D eigenvalue weighted by Gasteiger charge is -2.14. The van der Waals surface area contributed by atoms with E-state index in [0.717, 1.165) is 6.29 Å². The molecule has 0 saturated carbocycles. The van der Waals surface area contributed by atoms with Gasteiger partial charge in [0, 0.05) is 0 Å². The number of hydrogen-bond acceptors (Lipinski definition) is 1. The average Bonchev–Trinajstić information content (AvgIpc) is 2.00. The van der Waals surface area contributed by atoms with Crippen molar-refractivity contribution < 1.29 is 4.79 Å². The van der Waals surface area contributed by atoms with E-state index in [2.05, 4.69) is 20.8 Å². The van der Waals surface area contributed by atoms with Gasteiger partial charge < -0.3 is 0 Å². The summed E-state index contributed by atoms with van der Waals surface area (Å²) in [6, 6.07) is 0. The number of hydrogen-bond donors (Lipinski definition) is 0. The van der Waals surface area contributed by atoms with Crippen LogP contribution in [0.3, 0.4) is 0 Å². The maximum absolute atomic E-state index is 10.0. The van der Waals surface area contributed by atoms with Crippen molar-refractivity contribution in [3.63, 3.8) is 0 Å². The van der Waals surface area contributed by atoms with Crippen LogP contribution in [0.25, 0.3) is 0 Å². The molecular formula is C10H18O. The molecule has 0 aliphatic heterocycles. The van der Waals surface area contributed by atoms with Crippen molar-refractivity contribution in [2.75, 3.05) is 0 Å². The van der Waals surface area contributed by atoms with E-state index >= 15 is 0 Å². The molecule has 64 valence electrons. The molecule has 0 aromatic heterocycles. The van der Waals surface area contributed by atoms with Gasteiger partial charge in [0.05, 0.1) is 0 Å². The Labute approximate surface area is 69.5 Å². The van der Waals surface area contributed by atoms with Gasteiger partial charge in [-0.2, -0.15) is 0 Å². The minimum atomic E-state index is 0.528. The van der Waals surface area contributed by atoms with Gasteiger partial charge in [0.15, 0.2) is 0 Å². The van der Waals surface area contributed by atoms with Gasteiger partial charge in [0.2, 0.25) is 0 Å². The highest BCUT2D eigenvalue weighted by atomic mass is 16.1. The number of allylic oxidation sites excluding steroid dienone is 2. The Bertz CT molecular complexity index is 127. The third-order valence-electron chi connectivity index (χ3n) is 2.13. The average molecular weight is 154 g/mol. The monoisotopic (exact) mass is 154 g/mol. The van der Waals surface area contributed by atoms with E-state index in [4.69, 9.17) is 0 Å². The van der Waals surface area contributed by atoms with Crippen molar-refractivity contribution in [2.24, 2.45) is 11.8 Å². The molecule has 0 fully saturated rings. The van der Waals surface area contributed by atoms with E-state index in [1.165, 1.54) is 12.8 Å². The summed E-state index contributed by atoms with van der Waals surface area (Å²) in [6.07, 6.45) is 6.88. The summed E-state index contributed by atoms with van der Waals surface area (Å²) in [5.41, 5.74) is 0. The predicted octanol–water partition coefficient (Wildman–Crippen LogP) is 2.81. The van der Waals surface area contributed by atoms with Gasteiger partial charge in [-0.15, -0.1) is 0 Å². The zero-order valence-electron chi connectivity index (χ0n) is 7.71. The Balaban J connectivity index is 3.71. The zero-order chi connectivity index (χ0) is 8.69. The van der Waals surface area contributed by atoms with Crippen LogP contribution in [0.1, 0.15) is 33.6 Å². The van der Waals surface area contributed by atoms with E-state index in [1.54, 1.807) is 6.08 Å². The normalized spacial score (nSPS) is 16.6. The van der Waals surface area contributed by atoms with Crippen LogP contribution in [0, 0.1) is 11.8 Å². The highest BCUT2D eigenvalue weighted by molar-refractivity contribution is 5.64. The van der Waals surface area contributed by atoms with Crippen molar-refractivity contribution in [2.45, 2.75) is 33.6 Å². The third kappa shape index (κ3) is 4.77. The molecule has 1 nitrogen and oxygen atoms in total. The number of carbonyl (C=O) groups is 1. The second kappa shape index (κ2) is 6.14. The molecule has 0 aliphatic rings. The van der Waals surface area contributed by atoms with Gasteiger partial charge in [-0.3, -0.25) is 4.79 Å². The summed E-state index contributed by atoms with van der Waals surface area (Å²) in [6.45, 7) is 6.57. The molecule has 2 atom stereocenters. The van der Waals surface area contributed by atoms with Gasteiger partial charge in [-0.1, -0.05) is 39.7 Å². The SMILES string of the molecule is CCCC(C)C(C)/C=C/C=O. The second-order valence-corrected chi connectivity index (χ2v) is 3.15. The van der Waals surface area contributed by atoms with Gasteiger partial charge in [-0.25, -0.2) is 0 Å². The first kappa shape index (κ1) is 10.4. The molecule has 0 aromatic carbocycles. The predicted molar refractivity (Wildman–Crippen MR) is 48.4 cm³/mol. The maximum Gasteiger partial charge on any atom is 0.142 e. The molecule has 0 bridgehead atoms. The van der Waals surface area contributed by atoms with E-state index in [9.17, 15) is 4.79 Å². The summed E-state index contributed by atoms with van der Waals surface area (Å²) in [4.78, 5) is 10.0. The molecule has 0 rings (SSSR count). The van der Waals surface area contributed by atoms with Crippen LogP contribution in [0.2, 0.25) is 0 Å². The quantitative estimate of drug-likeness (QED) is 0.439. The lowest BCUT2D eigenvalue weighted by Crippen LogP contribution is -2.04. The van der Waals surface area contributed by atoms with E-state index in [-0.39, 0.29) is 0 Å². The van der Waals surface area contributed by atoms with E-state index in [1.807, 2.05) is 6.08 Å². The number of aldehydes is 1. The summed E-state index contributed by atoms with van der Waals surface area (Å²) in [5.74, 6) is 1.22. The molecule has 0 N–H and O–H groups in total. The van der Waals surface area contributed by atoms with Crippen LogP contribution in [0.15, 0.2) is 12.2 Å². The van der Waals surface area contributed by atoms with Crippen molar-refractivity contribution in [1.29, 1.82) is 0 Å². The summed E-state index contributed by atoms with van der Waals surface area (Å²) >= 11 is 0. The van der Waals surface area contributed by atoms with E-state index < -0.39 is 0 Å². The highest BCUT2D eigenvalue weighted by Crippen LogP contribution is 2.17. The standard InChI is InChI=1S/C10H18O/c1-4-6-9(2)10(3)7-5-8-11/h5,7-10H,4,6H2,1-3H3/b7-5+. The van der Waals surface area contributed by atoms with Crippen LogP contribution in [0.4, 0.5) is 0 Å². The zero-order valence-corrected chi connectivity index (χ0v) is 7.71. The molecule has 0 spiro atoms. The molecule has 1 heteroatoms. The first-order valence-corrected chi connectivity index (χ1v) is 4.34. The summed E-state index contributed by atoms with van der Waals surface area (Å²) < 4.78 is 0. The van der Waals surface area contributed by atoms with Crippen LogP contribution >= 0.6 is 0 Å². The van der Waals surface area contributed by atoms with Crippen molar-refractivity contribution in [3.8, 4) is 0 Å². The number of carbonyl (C=O) groups excluding carboxylic acids is 1. The second-order valence-electron chi connectivity index (χ2n) is 3.15.